The van der Waals surface area contributed by atoms with Gasteiger partial charge in [0.2, 0.25) is 0 Å². The molecule has 1 atom stereocenters. The predicted octanol–water partition coefficient (Wildman–Crippen LogP) is 7.80. The number of anilines is 1. The maximum absolute atomic E-state index is 12.9. The van der Waals surface area contributed by atoms with Crippen molar-refractivity contribution < 1.29 is 4.79 Å². The monoisotopic (exact) mass is 475 g/mol. The lowest BCUT2D eigenvalue weighted by molar-refractivity contribution is 0.0976. The van der Waals surface area contributed by atoms with Gasteiger partial charge in [-0.3, -0.25) is 4.79 Å². The van der Waals surface area contributed by atoms with E-state index in [0.29, 0.717) is 22.0 Å². The van der Waals surface area contributed by atoms with E-state index >= 15 is 0 Å². The first kappa shape index (κ1) is 20.9. The Bertz CT molecular complexity index is 1000. The number of halogens is 3. The van der Waals surface area contributed by atoms with Gasteiger partial charge < -0.3 is 5.32 Å². The number of aryl methyl sites for hydroxylation is 2. The molecule has 0 radical (unpaired) electrons. The molecule has 0 aliphatic carbocycles. The van der Waals surface area contributed by atoms with Gasteiger partial charge in [0.1, 0.15) is 0 Å². The SMILES string of the molecule is Cc1ccc(NC(CC(=O)c2ccc(Br)cc2)c2ccc(Cl)c(Cl)c2)cc1C. The summed E-state index contributed by atoms with van der Waals surface area (Å²) in [6, 6.07) is 18.8. The Hall–Kier alpha value is -1.81. The topological polar surface area (TPSA) is 29.1 Å². The molecule has 2 nitrogen and oxygen atoms in total. The molecule has 1 unspecified atom stereocenters. The Kier molecular flexibility index (Phi) is 6.82. The van der Waals surface area contributed by atoms with Gasteiger partial charge in [0.15, 0.2) is 5.78 Å². The van der Waals surface area contributed by atoms with Gasteiger partial charge in [-0.25, -0.2) is 0 Å². The van der Waals surface area contributed by atoms with E-state index in [0.717, 1.165) is 15.7 Å². The fourth-order valence-corrected chi connectivity index (χ4v) is 3.52. The van der Waals surface area contributed by atoms with E-state index in [9.17, 15) is 4.79 Å². The highest BCUT2D eigenvalue weighted by Crippen LogP contribution is 2.30. The summed E-state index contributed by atoms with van der Waals surface area (Å²) in [5.41, 5.74) is 4.97. The Morgan fingerprint density at radius 1 is 0.929 bits per heavy atom. The van der Waals surface area contributed by atoms with Gasteiger partial charge in [0, 0.05) is 22.1 Å². The van der Waals surface area contributed by atoms with Gasteiger partial charge in [0.25, 0.3) is 0 Å². The molecule has 0 fully saturated rings. The zero-order chi connectivity index (χ0) is 20.3. The Morgan fingerprint density at radius 3 is 2.29 bits per heavy atom. The smallest absolute Gasteiger partial charge is 0.165 e. The van der Waals surface area contributed by atoms with Crippen molar-refractivity contribution in [3.63, 3.8) is 0 Å². The van der Waals surface area contributed by atoms with Crippen molar-refractivity contribution in [1.29, 1.82) is 0 Å². The van der Waals surface area contributed by atoms with E-state index < -0.39 is 0 Å². The third kappa shape index (κ3) is 5.16. The summed E-state index contributed by atoms with van der Waals surface area (Å²) in [6.45, 7) is 4.15. The second-order valence-electron chi connectivity index (χ2n) is 6.80. The summed E-state index contributed by atoms with van der Waals surface area (Å²) in [6.07, 6.45) is 0.298. The fourth-order valence-electron chi connectivity index (χ4n) is 2.95. The van der Waals surface area contributed by atoms with Gasteiger partial charge in [0.05, 0.1) is 16.1 Å². The van der Waals surface area contributed by atoms with E-state index in [1.54, 1.807) is 6.07 Å². The van der Waals surface area contributed by atoms with Crippen molar-refractivity contribution in [3.05, 3.63) is 97.4 Å². The molecular weight excluding hydrogens is 457 g/mol. The first-order valence-corrected chi connectivity index (χ1v) is 10.5. The summed E-state index contributed by atoms with van der Waals surface area (Å²) < 4.78 is 0.943. The van der Waals surface area contributed by atoms with Crippen LogP contribution in [0.3, 0.4) is 0 Å². The number of hydrogen-bond donors (Lipinski definition) is 1. The number of carbonyl (C=O) groups is 1. The third-order valence-corrected chi connectivity index (χ3v) is 6.02. The standard InChI is InChI=1S/C23H20BrCl2NO/c1-14-3-9-19(11-15(14)2)27-22(17-6-10-20(25)21(26)12-17)13-23(28)16-4-7-18(24)8-5-16/h3-12,22,27H,13H2,1-2H3. The van der Waals surface area contributed by atoms with E-state index in [4.69, 9.17) is 23.2 Å². The fraction of sp³-hybridized carbons (Fsp3) is 0.174. The largest absolute Gasteiger partial charge is 0.378 e. The van der Waals surface area contributed by atoms with Gasteiger partial charge in [-0.05, 0) is 66.9 Å². The van der Waals surface area contributed by atoms with Crippen LogP contribution in [-0.4, -0.2) is 5.78 Å². The molecule has 0 amide bonds. The van der Waals surface area contributed by atoms with Crippen LogP contribution in [-0.2, 0) is 0 Å². The predicted molar refractivity (Wildman–Crippen MR) is 122 cm³/mol. The summed E-state index contributed by atoms with van der Waals surface area (Å²) in [4.78, 5) is 12.9. The molecular formula is C23H20BrCl2NO. The quantitative estimate of drug-likeness (QED) is 0.367. The first-order chi connectivity index (χ1) is 13.3. The molecule has 1 N–H and O–H groups in total. The molecule has 0 aromatic heterocycles. The van der Waals surface area contributed by atoms with Crippen LogP contribution in [0, 0.1) is 13.8 Å². The lowest BCUT2D eigenvalue weighted by Gasteiger charge is -2.21. The summed E-state index contributed by atoms with van der Waals surface area (Å²) in [7, 11) is 0. The molecule has 3 aromatic rings. The molecule has 3 aromatic carbocycles. The van der Waals surface area contributed by atoms with E-state index in [1.807, 2.05) is 42.5 Å². The molecule has 0 saturated heterocycles. The number of carbonyl (C=O) groups excluding carboxylic acids is 1. The molecule has 0 aliphatic rings. The molecule has 28 heavy (non-hydrogen) atoms. The maximum Gasteiger partial charge on any atom is 0.165 e. The second kappa shape index (κ2) is 9.13. The molecule has 0 heterocycles. The number of benzene rings is 3. The number of nitrogens with one attached hydrogen (secondary N) is 1. The van der Waals surface area contributed by atoms with Gasteiger partial charge >= 0.3 is 0 Å². The minimum absolute atomic E-state index is 0.0555. The number of hydrogen-bond acceptors (Lipinski definition) is 2. The number of ketones is 1. The lowest BCUT2D eigenvalue weighted by atomic mass is 9.97. The molecule has 0 aliphatic heterocycles. The third-order valence-electron chi connectivity index (χ3n) is 4.75. The normalized spacial score (nSPS) is 11.9. The van der Waals surface area contributed by atoms with Crippen LogP contribution in [0.15, 0.2) is 65.1 Å². The summed E-state index contributed by atoms with van der Waals surface area (Å²) in [5, 5.41) is 4.46. The molecule has 5 heteroatoms. The van der Waals surface area contributed by atoms with Crippen molar-refractivity contribution in [2.24, 2.45) is 0 Å². The minimum atomic E-state index is -0.229. The van der Waals surface area contributed by atoms with Crippen molar-refractivity contribution in [2.45, 2.75) is 26.3 Å². The molecule has 0 bridgehead atoms. The van der Waals surface area contributed by atoms with Crippen LogP contribution in [0.5, 0.6) is 0 Å². The van der Waals surface area contributed by atoms with E-state index in [2.05, 4.69) is 47.2 Å². The van der Waals surface area contributed by atoms with Crippen LogP contribution in [0.1, 0.15) is 39.5 Å². The average Bonchev–Trinajstić information content (AvgIpc) is 2.67. The van der Waals surface area contributed by atoms with Crippen LogP contribution < -0.4 is 5.32 Å². The van der Waals surface area contributed by atoms with E-state index in [-0.39, 0.29) is 11.8 Å². The van der Waals surface area contributed by atoms with Crippen LogP contribution in [0.4, 0.5) is 5.69 Å². The van der Waals surface area contributed by atoms with Crippen molar-refractivity contribution in [1.82, 2.24) is 0 Å². The highest BCUT2D eigenvalue weighted by Gasteiger charge is 2.19. The van der Waals surface area contributed by atoms with E-state index in [1.165, 1.54) is 11.1 Å². The van der Waals surface area contributed by atoms with Crippen molar-refractivity contribution in [3.8, 4) is 0 Å². The summed E-state index contributed by atoms with van der Waals surface area (Å²) in [5.74, 6) is 0.0555. The Labute approximate surface area is 184 Å². The average molecular weight is 477 g/mol. The maximum atomic E-state index is 12.9. The number of rotatable bonds is 6. The second-order valence-corrected chi connectivity index (χ2v) is 8.53. The van der Waals surface area contributed by atoms with Crippen LogP contribution in [0.2, 0.25) is 10.0 Å². The van der Waals surface area contributed by atoms with Crippen molar-refractivity contribution >= 4 is 50.6 Å². The Morgan fingerprint density at radius 2 is 1.64 bits per heavy atom. The molecule has 144 valence electrons. The van der Waals surface area contributed by atoms with Gasteiger partial charge in [-0.1, -0.05) is 63.4 Å². The summed E-state index contributed by atoms with van der Waals surface area (Å²) >= 11 is 15.7. The zero-order valence-corrected chi connectivity index (χ0v) is 18.7. The highest BCUT2D eigenvalue weighted by molar-refractivity contribution is 9.10. The highest BCUT2D eigenvalue weighted by atomic mass is 79.9. The number of Topliss-reactive ketones (excluding diaryl/α,β-unsaturated/α-hetero) is 1. The molecule has 0 spiro atoms. The zero-order valence-electron chi connectivity index (χ0n) is 15.6. The van der Waals surface area contributed by atoms with Crippen LogP contribution >= 0.6 is 39.1 Å². The minimum Gasteiger partial charge on any atom is -0.378 e. The van der Waals surface area contributed by atoms with Crippen molar-refractivity contribution in [2.75, 3.05) is 5.32 Å². The van der Waals surface area contributed by atoms with Crippen LogP contribution in [0.25, 0.3) is 0 Å². The van der Waals surface area contributed by atoms with Gasteiger partial charge in [-0.2, -0.15) is 0 Å². The van der Waals surface area contributed by atoms with Gasteiger partial charge in [-0.15, -0.1) is 0 Å². The lowest BCUT2D eigenvalue weighted by Crippen LogP contribution is -2.16. The Balaban J connectivity index is 1.90. The first-order valence-electron chi connectivity index (χ1n) is 8.91. The molecule has 0 saturated carbocycles. The molecule has 3 rings (SSSR count).